The predicted molar refractivity (Wildman–Crippen MR) is 86.7 cm³/mol. The topological polar surface area (TPSA) is 42.3 Å². The third kappa shape index (κ3) is 2.38. The van der Waals surface area contributed by atoms with Crippen molar-refractivity contribution in [2.45, 2.75) is 31.8 Å². The summed E-state index contributed by atoms with van der Waals surface area (Å²) >= 11 is 7.44. The van der Waals surface area contributed by atoms with Crippen molar-refractivity contribution in [1.29, 1.82) is 0 Å². The molecule has 0 radical (unpaired) electrons. The summed E-state index contributed by atoms with van der Waals surface area (Å²) < 4.78 is 1.82. The minimum atomic E-state index is -0.0187. The number of fused-ring (bicyclic) bond motifs is 1. The molecule has 22 heavy (non-hydrogen) atoms. The van der Waals surface area contributed by atoms with E-state index in [-0.39, 0.29) is 11.5 Å². The first-order valence-corrected chi connectivity index (χ1v) is 8.65. The molecule has 2 aliphatic rings. The summed E-state index contributed by atoms with van der Waals surface area (Å²) in [5.74, 6) is -0.0187. The Balaban J connectivity index is 1.63. The standard InChI is InChI=1S/C16H15ClN2O2S/c17-13-4-6-22-15(13)16(21)18-5-3-10-7-14(20)19(12-1-2-12)9-11(10)8-18/h4,6-7,9,12H,1-3,5,8H2. The van der Waals surface area contributed by atoms with Gasteiger partial charge in [-0.05, 0) is 41.8 Å². The number of halogens is 1. The van der Waals surface area contributed by atoms with Crippen molar-refractivity contribution >= 4 is 28.8 Å². The maximum atomic E-state index is 12.6. The fourth-order valence-electron chi connectivity index (χ4n) is 2.95. The van der Waals surface area contributed by atoms with Gasteiger partial charge in [-0.3, -0.25) is 9.59 Å². The highest BCUT2D eigenvalue weighted by molar-refractivity contribution is 7.12. The van der Waals surface area contributed by atoms with Crippen molar-refractivity contribution < 1.29 is 4.79 Å². The molecule has 0 bridgehead atoms. The van der Waals surface area contributed by atoms with Crippen LogP contribution in [0.25, 0.3) is 0 Å². The summed E-state index contributed by atoms with van der Waals surface area (Å²) in [6.45, 7) is 1.18. The van der Waals surface area contributed by atoms with Gasteiger partial charge >= 0.3 is 0 Å². The lowest BCUT2D eigenvalue weighted by Crippen LogP contribution is -2.37. The molecule has 0 unspecified atom stereocenters. The molecule has 0 aromatic carbocycles. The first kappa shape index (κ1) is 14.0. The van der Waals surface area contributed by atoms with Crippen LogP contribution in [0.3, 0.4) is 0 Å². The van der Waals surface area contributed by atoms with E-state index in [1.807, 2.05) is 21.0 Å². The van der Waals surface area contributed by atoms with E-state index in [9.17, 15) is 9.59 Å². The summed E-state index contributed by atoms with van der Waals surface area (Å²) in [4.78, 5) is 27.1. The van der Waals surface area contributed by atoms with Gasteiger partial charge in [0.1, 0.15) is 4.88 Å². The zero-order valence-corrected chi connectivity index (χ0v) is 13.5. The number of rotatable bonds is 2. The van der Waals surface area contributed by atoms with Gasteiger partial charge in [0.05, 0.1) is 5.02 Å². The lowest BCUT2D eigenvalue weighted by molar-refractivity contribution is 0.0739. The summed E-state index contributed by atoms with van der Waals surface area (Å²) in [7, 11) is 0. The zero-order valence-electron chi connectivity index (χ0n) is 11.9. The van der Waals surface area contributed by atoms with Crippen molar-refractivity contribution in [1.82, 2.24) is 9.47 Å². The lowest BCUT2D eigenvalue weighted by Gasteiger charge is -2.29. The van der Waals surface area contributed by atoms with Crippen LogP contribution >= 0.6 is 22.9 Å². The fourth-order valence-corrected chi connectivity index (χ4v) is 4.05. The molecule has 1 amide bonds. The van der Waals surface area contributed by atoms with E-state index in [0.717, 1.165) is 30.4 Å². The second-order valence-corrected chi connectivity index (χ2v) is 7.20. The smallest absolute Gasteiger partial charge is 0.265 e. The van der Waals surface area contributed by atoms with Crippen molar-refractivity contribution in [3.8, 4) is 0 Å². The van der Waals surface area contributed by atoms with E-state index in [2.05, 4.69) is 0 Å². The van der Waals surface area contributed by atoms with Gasteiger partial charge in [0.25, 0.3) is 11.5 Å². The Bertz CT molecular complexity index is 807. The zero-order chi connectivity index (χ0) is 15.3. The molecule has 1 aliphatic carbocycles. The van der Waals surface area contributed by atoms with Crippen LogP contribution in [0.1, 0.15) is 39.7 Å². The van der Waals surface area contributed by atoms with Gasteiger partial charge in [-0.15, -0.1) is 11.3 Å². The largest absolute Gasteiger partial charge is 0.333 e. The maximum Gasteiger partial charge on any atom is 0.265 e. The third-order valence-corrected chi connectivity index (χ3v) is 5.64. The Kier molecular flexibility index (Phi) is 3.35. The molecule has 0 atom stereocenters. The molecule has 2 aromatic rings. The SMILES string of the molecule is O=C(c1sccc1Cl)N1CCc2cc(=O)n(C3CC3)cc2C1. The number of aromatic nitrogens is 1. The van der Waals surface area contributed by atoms with Gasteiger partial charge in [-0.2, -0.15) is 0 Å². The Morgan fingerprint density at radius 2 is 2.14 bits per heavy atom. The predicted octanol–water partition coefficient (Wildman–Crippen LogP) is 3.10. The van der Waals surface area contributed by atoms with Gasteiger partial charge in [0, 0.05) is 31.4 Å². The van der Waals surface area contributed by atoms with Gasteiger partial charge in [-0.25, -0.2) is 0 Å². The average Bonchev–Trinajstić information content (AvgIpc) is 3.27. The van der Waals surface area contributed by atoms with Crippen LogP contribution in [0, 0.1) is 0 Å². The molecule has 1 aliphatic heterocycles. The van der Waals surface area contributed by atoms with Crippen LogP contribution in [-0.4, -0.2) is 21.9 Å². The molecule has 4 rings (SSSR count). The Hall–Kier alpha value is -1.59. The molecule has 114 valence electrons. The highest BCUT2D eigenvalue weighted by Crippen LogP contribution is 2.34. The minimum absolute atomic E-state index is 0.0187. The maximum absolute atomic E-state index is 12.6. The van der Waals surface area contributed by atoms with Gasteiger partial charge < -0.3 is 9.47 Å². The quantitative estimate of drug-likeness (QED) is 0.847. The molecule has 1 saturated carbocycles. The molecule has 2 aromatic heterocycles. The molecule has 3 heterocycles. The number of hydrogen-bond acceptors (Lipinski definition) is 3. The summed E-state index contributed by atoms with van der Waals surface area (Å²) in [6.07, 6.45) is 4.83. The number of carbonyl (C=O) groups is 1. The highest BCUT2D eigenvalue weighted by atomic mass is 35.5. The molecule has 0 saturated heterocycles. The normalized spacial score (nSPS) is 17.4. The first-order valence-electron chi connectivity index (χ1n) is 7.39. The number of pyridine rings is 1. The van der Waals surface area contributed by atoms with E-state index < -0.39 is 0 Å². The number of hydrogen-bond donors (Lipinski definition) is 0. The van der Waals surface area contributed by atoms with Gasteiger partial charge in [-0.1, -0.05) is 11.6 Å². The summed E-state index contributed by atoms with van der Waals surface area (Å²) in [5, 5.41) is 2.35. The third-order valence-electron chi connectivity index (χ3n) is 4.31. The number of amides is 1. The van der Waals surface area contributed by atoms with Crippen molar-refractivity contribution in [2.24, 2.45) is 0 Å². The van der Waals surface area contributed by atoms with Crippen molar-refractivity contribution in [3.05, 3.63) is 55.1 Å². The van der Waals surface area contributed by atoms with E-state index in [1.165, 1.54) is 11.3 Å². The van der Waals surface area contributed by atoms with Crippen LogP contribution in [-0.2, 0) is 13.0 Å². The first-order chi connectivity index (χ1) is 10.6. The molecular weight excluding hydrogens is 320 g/mol. The number of carbonyl (C=O) groups excluding carboxylic acids is 1. The average molecular weight is 335 g/mol. The van der Waals surface area contributed by atoms with Crippen LogP contribution in [0.4, 0.5) is 0 Å². The molecule has 0 N–H and O–H groups in total. The number of nitrogens with zero attached hydrogens (tertiary/aromatic N) is 2. The molecule has 1 fully saturated rings. The van der Waals surface area contributed by atoms with Gasteiger partial charge in [0.15, 0.2) is 0 Å². The highest BCUT2D eigenvalue weighted by Gasteiger charge is 2.28. The van der Waals surface area contributed by atoms with Crippen LogP contribution in [0.15, 0.2) is 28.5 Å². The Morgan fingerprint density at radius 1 is 1.32 bits per heavy atom. The second-order valence-electron chi connectivity index (χ2n) is 5.87. The molecule has 0 spiro atoms. The minimum Gasteiger partial charge on any atom is -0.333 e. The summed E-state index contributed by atoms with van der Waals surface area (Å²) in [6, 6.07) is 3.85. The summed E-state index contributed by atoms with van der Waals surface area (Å²) in [5.41, 5.74) is 2.24. The molecule has 6 heteroatoms. The van der Waals surface area contributed by atoms with Crippen LogP contribution < -0.4 is 5.56 Å². The van der Waals surface area contributed by atoms with Crippen molar-refractivity contribution in [3.63, 3.8) is 0 Å². The van der Waals surface area contributed by atoms with E-state index in [4.69, 9.17) is 11.6 Å². The van der Waals surface area contributed by atoms with Crippen LogP contribution in [0.5, 0.6) is 0 Å². The fraction of sp³-hybridized carbons (Fsp3) is 0.375. The number of thiophene rings is 1. The monoisotopic (exact) mass is 334 g/mol. The Morgan fingerprint density at radius 3 is 2.82 bits per heavy atom. The second kappa shape index (κ2) is 5.25. The molecule has 4 nitrogen and oxygen atoms in total. The Labute approximate surface area is 136 Å². The van der Waals surface area contributed by atoms with E-state index in [1.54, 1.807) is 12.1 Å². The van der Waals surface area contributed by atoms with Crippen LogP contribution in [0.2, 0.25) is 5.02 Å². The lowest BCUT2D eigenvalue weighted by atomic mass is 10.0. The molecular formula is C16H15ClN2O2S. The van der Waals surface area contributed by atoms with E-state index in [0.29, 0.717) is 29.0 Å². The van der Waals surface area contributed by atoms with Crippen molar-refractivity contribution in [2.75, 3.05) is 6.54 Å². The van der Waals surface area contributed by atoms with Gasteiger partial charge in [0.2, 0.25) is 0 Å². The van der Waals surface area contributed by atoms with E-state index >= 15 is 0 Å².